The summed E-state index contributed by atoms with van der Waals surface area (Å²) < 4.78 is 33.3. The lowest BCUT2D eigenvalue weighted by atomic mass is 9.95. The van der Waals surface area contributed by atoms with Gasteiger partial charge >= 0.3 is 5.97 Å². The van der Waals surface area contributed by atoms with Gasteiger partial charge in [0.05, 0.1) is 23.3 Å². The van der Waals surface area contributed by atoms with Gasteiger partial charge in [0, 0.05) is 4.88 Å². The summed E-state index contributed by atoms with van der Waals surface area (Å²) in [4.78, 5) is 27.0. The molecule has 1 aromatic heterocycles. The molecule has 0 radical (unpaired) electrons. The van der Waals surface area contributed by atoms with Crippen LogP contribution in [-0.4, -0.2) is 33.9 Å². The Kier molecular flexibility index (Phi) is 7.80. The van der Waals surface area contributed by atoms with Gasteiger partial charge in [-0.05, 0) is 67.0 Å². The molecule has 0 spiro atoms. The van der Waals surface area contributed by atoms with Crippen molar-refractivity contribution >= 4 is 43.9 Å². The lowest BCUT2D eigenvalue weighted by molar-refractivity contribution is -0.114. The van der Waals surface area contributed by atoms with Gasteiger partial charge in [-0.1, -0.05) is 44.2 Å². The Labute approximate surface area is 216 Å². The number of thiophene rings is 1. The van der Waals surface area contributed by atoms with E-state index >= 15 is 0 Å². The molecule has 0 saturated heterocycles. The van der Waals surface area contributed by atoms with E-state index in [9.17, 15) is 18.0 Å². The van der Waals surface area contributed by atoms with Crippen LogP contribution in [0.5, 0.6) is 0 Å². The lowest BCUT2D eigenvalue weighted by Gasteiger charge is -2.24. The normalized spacial score (nSPS) is 13.2. The second-order valence-corrected chi connectivity index (χ2v) is 12.0. The molecule has 0 unspecified atom stereocenters. The molecule has 0 bridgehead atoms. The number of nitrogens with one attached hydrogen (secondary N) is 1. The van der Waals surface area contributed by atoms with Crippen LogP contribution in [0.3, 0.4) is 0 Å². The van der Waals surface area contributed by atoms with Crippen LogP contribution >= 0.6 is 11.3 Å². The van der Waals surface area contributed by atoms with Gasteiger partial charge in [-0.15, -0.1) is 11.3 Å². The standard InChI is InChI=1S/C27H30N2O5S2/c1-18(2)19-13-15-20(16-14-19)29(36(32,33)21-9-5-4-6-10-21)17-24(30)28-26-25(27(31)34-3)22-11-7-8-12-23(22)35-26/h4-6,9-10,13-16,18H,7-8,11-12,17H2,1-3H3,(H,28,30). The van der Waals surface area contributed by atoms with Gasteiger partial charge in [-0.2, -0.15) is 0 Å². The van der Waals surface area contributed by atoms with Crippen molar-refractivity contribution in [2.45, 2.75) is 50.3 Å². The number of anilines is 2. The Morgan fingerprint density at radius 3 is 2.33 bits per heavy atom. The minimum absolute atomic E-state index is 0.0903. The first-order valence-electron chi connectivity index (χ1n) is 11.9. The average molecular weight is 527 g/mol. The Balaban J connectivity index is 1.67. The second-order valence-electron chi connectivity index (χ2n) is 9.03. The number of amides is 1. The highest BCUT2D eigenvalue weighted by Gasteiger charge is 2.30. The number of benzene rings is 2. The topological polar surface area (TPSA) is 92.8 Å². The minimum Gasteiger partial charge on any atom is -0.465 e. The van der Waals surface area contributed by atoms with E-state index in [-0.39, 0.29) is 10.8 Å². The first-order chi connectivity index (χ1) is 17.2. The van der Waals surface area contributed by atoms with E-state index in [2.05, 4.69) is 19.2 Å². The number of hydrogen-bond acceptors (Lipinski definition) is 6. The third-order valence-corrected chi connectivity index (χ3v) is 9.28. The number of rotatable bonds is 8. The lowest BCUT2D eigenvalue weighted by Crippen LogP contribution is -2.38. The molecule has 0 fully saturated rings. The first kappa shape index (κ1) is 25.9. The highest BCUT2D eigenvalue weighted by atomic mass is 32.2. The van der Waals surface area contributed by atoms with Crippen LogP contribution in [0, 0.1) is 0 Å². The molecule has 190 valence electrons. The van der Waals surface area contributed by atoms with Crippen molar-refractivity contribution in [1.82, 2.24) is 0 Å². The van der Waals surface area contributed by atoms with Gasteiger partial charge in [-0.25, -0.2) is 13.2 Å². The zero-order chi connectivity index (χ0) is 25.9. The number of aryl methyl sites for hydroxylation is 1. The molecule has 1 aliphatic rings. The highest BCUT2D eigenvalue weighted by Crippen LogP contribution is 2.38. The minimum atomic E-state index is -4.02. The SMILES string of the molecule is COC(=O)c1c(NC(=O)CN(c2ccc(C(C)C)cc2)S(=O)(=O)c2ccccc2)sc2c1CCCC2. The maximum Gasteiger partial charge on any atom is 0.341 e. The van der Waals surface area contributed by atoms with E-state index in [1.165, 1.54) is 30.6 Å². The molecular formula is C27H30N2O5S2. The van der Waals surface area contributed by atoms with Gasteiger partial charge < -0.3 is 10.1 Å². The fourth-order valence-electron chi connectivity index (χ4n) is 4.33. The monoisotopic (exact) mass is 526 g/mol. The summed E-state index contributed by atoms with van der Waals surface area (Å²) in [5.41, 5.74) is 2.75. The number of methoxy groups -OCH3 is 1. The van der Waals surface area contributed by atoms with Crippen LogP contribution in [0.15, 0.2) is 59.5 Å². The van der Waals surface area contributed by atoms with Gasteiger partial charge in [0.15, 0.2) is 0 Å². The molecule has 3 aromatic rings. The van der Waals surface area contributed by atoms with Crippen LogP contribution in [0.2, 0.25) is 0 Å². The summed E-state index contributed by atoms with van der Waals surface area (Å²) in [5, 5.41) is 3.22. The van der Waals surface area contributed by atoms with Gasteiger partial charge in [0.25, 0.3) is 10.0 Å². The Morgan fingerprint density at radius 1 is 1.03 bits per heavy atom. The first-order valence-corrected chi connectivity index (χ1v) is 14.2. The van der Waals surface area contributed by atoms with Crippen molar-refractivity contribution in [3.63, 3.8) is 0 Å². The van der Waals surface area contributed by atoms with Crippen molar-refractivity contribution in [2.75, 3.05) is 23.3 Å². The number of esters is 1. The number of ether oxygens (including phenoxy) is 1. The number of hydrogen-bond donors (Lipinski definition) is 1. The average Bonchev–Trinajstić information content (AvgIpc) is 3.25. The molecule has 36 heavy (non-hydrogen) atoms. The quantitative estimate of drug-likeness (QED) is 0.398. The van der Waals surface area contributed by atoms with Crippen LogP contribution in [0.4, 0.5) is 10.7 Å². The van der Waals surface area contributed by atoms with E-state index in [1.54, 1.807) is 30.3 Å². The van der Waals surface area contributed by atoms with Crippen molar-refractivity contribution in [1.29, 1.82) is 0 Å². The summed E-state index contributed by atoms with van der Waals surface area (Å²) in [6.45, 7) is 3.67. The molecule has 0 saturated carbocycles. The number of fused-ring (bicyclic) bond motifs is 1. The van der Waals surface area contributed by atoms with Gasteiger partial charge in [0.2, 0.25) is 5.91 Å². The van der Waals surface area contributed by atoms with E-state index in [1.807, 2.05) is 12.1 Å². The highest BCUT2D eigenvalue weighted by molar-refractivity contribution is 7.92. The molecule has 4 rings (SSSR count). The smallest absolute Gasteiger partial charge is 0.341 e. The van der Waals surface area contributed by atoms with E-state index in [4.69, 9.17) is 4.74 Å². The van der Waals surface area contributed by atoms with E-state index in [0.717, 1.165) is 46.0 Å². The fraction of sp³-hybridized carbons (Fsp3) is 0.333. The van der Waals surface area contributed by atoms with Crippen LogP contribution < -0.4 is 9.62 Å². The third kappa shape index (κ3) is 5.32. The number of carbonyl (C=O) groups is 2. The Hall–Kier alpha value is -3.17. The molecule has 1 heterocycles. The van der Waals surface area contributed by atoms with Crippen molar-refractivity contribution in [2.24, 2.45) is 0 Å². The molecule has 1 N–H and O–H groups in total. The zero-order valence-electron chi connectivity index (χ0n) is 20.6. The number of sulfonamides is 1. The largest absolute Gasteiger partial charge is 0.465 e. The predicted molar refractivity (Wildman–Crippen MR) is 142 cm³/mol. The Morgan fingerprint density at radius 2 is 1.69 bits per heavy atom. The van der Waals surface area contributed by atoms with E-state index in [0.29, 0.717) is 16.3 Å². The summed E-state index contributed by atoms with van der Waals surface area (Å²) in [5.74, 6) is -0.753. The molecule has 1 amide bonds. The van der Waals surface area contributed by atoms with Crippen LogP contribution in [-0.2, 0) is 32.4 Å². The summed E-state index contributed by atoms with van der Waals surface area (Å²) in [6, 6.07) is 15.2. The van der Waals surface area contributed by atoms with Crippen molar-refractivity contribution < 1.29 is 22.7 Å². The molecule has 0 atom stereocenters. The third-order valence-electron chi connectivity index (χ3n) is 6.28. The molecule has 2 aromatic carbocycles. The summed E-state index contributed by atoms with van der Waals surface area (Å²) in [7, 11) is -2.71. The second kappa shape index (κ2) is 10.8. The van der Waals surface area contributed by atoms with Crippen molar-refractivity contribution in [3.8, 4) is 0 Å². The molecule has 9 heteroatoms. The number of carbonyl (C=O) groups excluding carboxylic acids is 2. The fourth-order valence-corrected chi connectivity index (χ4v) is 7.06. The molecule has 7 nitrogen and oxygen atoms in total. The summed E-state index contributed by atoms with van der Waals surface area (Å²) in [6.07, 6.45) is 3.59. The molecule has 1 aliphatic carbocycles. The van der Waals surface area contributed by atoms with Gasteiger partial charge in [0.1, 0.15) is 11.5 Å². The number of nitrogens with zero attached hydrogens (tertiary/aromatic N) is 1. The molecule has 0 aliphatic heterocycles. The molecular weight excluding hydrogens is 496 g/mol. The predicted octanol–water partition coefficient (Wildman–Crippen LogP) is 5.37. The van der Waals surface area contributed by atoms with Crippen molar-refractivity contribution in [3.05, 3.63) is 76.2 Å². The van der Waals surface area contributed by atoms with Crippen LogP contribution in [0.25, 0.3) is 0 Å². The van der Waals surface area contributed by atoms with Gasteiger partial charge in [-0.3, -0.25) is 9.10 Å². The zero-order valence-corrected chi connectivity index (χ0v) is 22.2. The maximum absolute atomic E-state index is 13.6. The summed E-state index contributed by atoms with van der Waals surface area (Å²) >= 11 is 1.37. The Bertz CT molecular complexity index is 1350. The van der Waals surface area contributed by atoms with Crippen LogP contribution in [0.1, 0.15) is 59.0 Å². The maximum atomic E-state index is 13.6. The van der Waals surface area contributed by atoms with E-state index < -0.39 is 28.4 Å².